The summed E-state index contributed by atoms with van der Waals surface area (Å²) in [6.45, 7) is 21.5. The van der Waals surface area contributed by atoms with Crippen LogP contribution in [0, 0.1) is 70.5 Å². The van der Waals surface area contributed by atoms with Crippen molar-refractivity contribution in [1.82, 2.24) is 0 Å². The fraction of sp³-hybridized carbons (Fsp3) is 0.891. The first-order valence-electron chi connectivity index (χ1n) is 32.8. The Kier molecular flexibility index (Phi) is 17.6. The van der Waals surface area contributed by atoms with E-state index in [9.17, 15) is 28.8 Å². The average molecular weight is 1260 g/mol. The van der Waals surface area contributed by atoms with Crippen LogP contribution in [0.4, 0.5) is 0 Å². The zero-order chi connectivity index (χ0) is 63.4. The van der Waals surface area contributed by atoms with Crippen LogP contribution in [0.3, 0.4) is 0 Å². The van der Waals surface area contributed by atoms with Gasteiger partial charge < -0.3 is 56.8 Å². The predicted molar refractivity (Wildman–Crippen MR) is 301 cm³/mol. The van der Waals surface area contributed by atoms with Crippen molar-refractivity contribution >= 4 is 41.5 Å². The second-order valence-corrected chi connectivity index (χ2v) is 29.2. The van der Waals surface area contributed by atoms with Gasteiger partial charge in [0.05, 0.1) is 38.5 Å². The third-order valence-corrected chi connectivity index (χ3v) is 23.1. The fourth-order valence-corrected chi connectivity index (χ4v) is 17.9. The maximum absolute atomic E-state index is 14.0. The minimum absolute atomic E-state index is 0.0684. The monoisotopic (exact) mass is 1260 g/mol. The Bertz CT molecular complexity index is 2760. The van der Waals surface area contributed by atoms with Crippen molar-refractivity contribution in [2.75, 3.05) is 13.2 Å². The van der Waals surface area contributed by atoms with Gasteiger partial charge in [-0.25, -0.2) is 34.3 Å². The molecule has 0 aromatic rings. The highest BCUT2D eigenvalue weighted by molar-refractivity contribution is 5.81. The molecule has 25 heteroatoms. The Morgan fingerprint density at radius 3 is 1.33 bits per heavy atom. The van der Waals surface area contributed by atoms with Crippen LogP contribution in [0.25, 0.3) is 0 Å². The number of nitrogens with zero attached hydrogens (tertiary/aromatic N) is 1. The molecular formula is C64H93NO24. The number of hydrogen-bond donors (Lipinski definition) is 0. The summed E-state index contributed by atoms with van der Waals surface area (Å²) in [7, 11) is 0. The molecule has 12 aliphatic heterocycles. The molecule has 6 bridgehead atoms. The molecule has 15 aliphatic rings. The van der Waals surface area contributed by atoms with Gasteiger partial charge in [0.1, 0.15) is 0 Å². The molecule has 3 saturated carbocycles. The van der Waals surface area contributed by atoms with Crippen molar-refractivity contribution in [3.8, 4) is 0 Å². The summed E-state index contributed by atoms with van der Waals surface area (Å²) in [5.74, 6) is -8.25. The summed E-state index contributed by atoms with van der Waals surface area (Å²) >= 11 is 0. The molecular weight excluding hydrogens is 1170 g/mol. The zero-order valence-electron chi connectivity index (χ0n) is 53.7. The van der Waals surface area contributed by atoms with E-state index in [1.807, 2.05) is 20.8 Å². The van der Waals surface area contributed by atoms with E-state index in [1.54, 1.807) is 34.6 Å². The minimum atomic E-state index is -2.21. The van der Waals surface area contributed by atoms with Gasteiger partial charge in [-0.05, 0) is 128 Å². The van der Waals surface area contributed by atoms with Gasteiger partial charge in [-0.1, -0.05) is 48.5 Å². The largest absolute Gasteiger partial charge is 0.459 e. The zero-order valence-corrected chi connectivity index (χ0v) is 53.7. The van der Waals surface area contributed by atoms with Gasteiger partial charge >= 0.3 is 35.8 Å². The quantitative estimate of drug-likeness (QED) is 0.0536. The van der Waals surface area contributed by atoms with Gasteiger partial charge in [0.25, 0.3) is 5.72 Å². The molecule has 12 heterocycles. The lowest BCUT2D eigenvalue weighted by molar-refractivity contribution is -0.586. The lowest BCUT2D eigenvalue weighted by Gasteiger charge is -2.65. The van der Waals surface area contributed by atoms with E-state index in [-0.39, 0.29) is 47.3 Å². The maximum Gasteiger partial charge on any atom is 0.308 e. The summed E-state index contributed by atoms with van der Waals surface area (Å²) < 4.78 is 73.9. The Hall–Kier alpha value is -3.99. The molecule has 3 aliphatic carbocycles. The summed E-state index contributed by atoms with van der Waals surface area (Å²) in [6, 6.07) is 0. The van der Waals surface area contributed by atoms with Gasteiger partial charge in [0, 0.05) is 60.0 Å². The summed E-state index contributed by atoms with van der Waals surface area (Å²) in [5, 5.41) is 0. The maximum atomic E-state index is 14.0. The van der Waals surface area contributed by atoms with Crippen molar-refractivity contribution < 1.29 is 115 Å². The first kappa shape index (κ1) is 65.1. The SMILES string of the molecule is CC(C)=NC(COC(=O)CCC(=O)O[C@@H]1O[C@@H]2O[C@]3(C)CC[C@H]4[C@H](C)CC[C@@H]([C@H]1C)[C@@]24OO3)(COC(=O)CCC(=O)O[C@@H]1O[C@@H]2O[C@]3(C)CC[C@H]4[C@H](C)CC[C@@](C)([C@H]1C)[C@@]24OO3)OC(=O)CCC(=O)O[C@@H]1O[C@@H]2O[C@]3(C)CC[C@H]4[C@H](C)CC[C@@H]([C@H]1C)[C@@]24OO3. The fourth-order valence-electron chi connectivity index (χ4n) is 17.9. The van der Waals surface area contributed by atoms with Crippen molar-refractivity contribution in [1.29, 1.82) is 0 Å². The molecule has 89 heavy (non-hydrogen) atoms. The van der Waals surface area contributed by atoms with E-state index < -0.39 is 171 Å². The Labute approximate surface area is 519 Å². The first-order valence-corrected chi connectivity index (χ1v) is 32.8. The predicted octanol–water partition coefficient (Wildman–Crippen LogP) is 8.78. The number of esters is 6. The molecule has 0 aromatic heterocycles. The number of rotatable bonds is 18. The number of carbonyl (C=O) groups excluding carboxylic acids is 6. The van der Waals surface area contributed by atoms with Crippen LogP contribution in [0.2, 0.25) is 0 Å². The number of carbonyl (C=O) groups is 6. The van der Waals surface area contributed by atoms with Crippen LogP contribution >= 0.6 is 0 Å². The smallest absolute Gasteiger partial charge is 0.308 e. The van der Waals surface area contributed by atoms with Crippen LogP contribution in [0.5, 0.6) is 0 Å². The molecule has 0 N–H and O–H groups in total. The van der Waals surface area contributed by atoms with Gasteiger partial charge in [-0.2, -0.15) is 0 Å². The van der Waals surface area contributed by atoms with Gasteiger partial charge in [0.15, 0.2) is 48.9 Å². The molecule has 25 atom stereocenters. The van der Waals surface area contributed by atoms with E-state index in [2.05, 4.69) is 32.7 Å². The van der Waals surface area contributed by atoms with E-state index in [0.29, 0.717) is 42.7 Å². The van der Waals surface area contributed by atoms with Crippen LogP contribution in [0.1, 0.15) is 199 Å². The molecule has 0 radical (unpaired) electrons. The molecule has 25 nitrogen and oxygen atoms in total. The first-order chi connectivity index (χ1) is 42.1. The van der Waals surface area contributed by atoms with Crippen molar-refractivity contribution in [3.63, 3.8) is 0 Å². The third kappa shape index (κ3) is 11.5. The average Bonchev–Trinajstić information content (AvgIpc) is 1.71. The second-order valence-electron chi connectivity index (χ2n) is 29.2. The highest BCUT2D eigenvalue weighted by Gasteiger charge is 2.76. The van der Waals surface area contributed by atoms with Crippen molar-refractivity contribution in [3.05, 3.63) is 0 Å². The van der Waals surface area contributed by atoms with Gasteiger partial charge in [0.2, 0.25) is 36.2 Å². The van der Waals surface area contributed by atoms with Crippen LogP contribution in [0.15, 0.2) is 4.99 Å². The Balaban J connectivity index is 0.688. The molecule has 12 saturated heterocycles. The molecule has 0 amide bonds. The molecule has 498 valence electrons. The number of aliphatic imine (C=N–C) groups is 1. The van der Waals surface area contributed by atoms with E-state index in [0.717, 1.165) is 57.8 Å². The molecule has 1 unspecified atom stereocenters. The normalized spacial score (nSPS) is 46.9. The molecule has 15 fully saturated rings. The lowest BCUT2D eigenvalue weighted by Crippen LogP contribution is -2.74. The van der Waals surface area contributed by atoms with Crippen LogP contribution < -0.4 is 0 Å². The standard InChI is InChI=1S/C64H93NO24/c1-33(2)65-61(80-50(71)22-21-48(69)75-52-38(7)44-16-14-35(4)41-25-29-59(11)82-55(78-52)63(41,44)88-85-59,31-72-45(66)17-19-47(68)74-51-37(6)43-15-13-34(3)40-24-28-58(10)81-54(77-51)62(40,43)87-84-58)32-73-46(67)18-20-49(70)76-53-39(8)57(9)27-23-36(5)42-26-30-60(12)83-56(79-53)64(42,57)89-86-60/h34-44,51-56H,13-32H2,1-12H3/t34-,35-,36-,37-,38-,39+,40+,41+,42+,43+,44+,51-,52-,53-,54-,55-,56-,57+,58+,59+,60+,61?,62-,63-,64+/m1/s1. The highest BCUT2D eigenvalue weighted by Crippen LogP contribution is 2.67. The van der Waals surface area contributed by atoms with E-state index in [4.69, 9.17) is 86.2 Å². The Morgan fingerprint density at radius 1 is 0.438 bits per heavy atom. The van der Waals surface area contributed by atoms with E-state index >= 15 is 0 Å². The lowest BCUT2D eigenvalue weighted by atomic mass is 9.50. The van der Waals surface area contributed by atoms with Crippen LogP contribution in [-0.2, 0) is 115 Å². The summed E-state index contributed by atoms with van der Waals surface area (Å²) in [6.07, 6.45) is 0.813. The van der Waals surface area contributed by atoms with E-state index in [1.165, 1.54) is 0 Å². The molecule has 0 aromatic carbocycles. The van der Waals surface area contributed by atoms with Crippen LogP contribution in [-0.4, -0.2) is 132 Å². The Morgan fingerprint density at radius 2 is 0.843 bits per heavy atom. The third-order valence-electron chi connectivity index (χ3n) is 23.1. The minimum Gasteiger partial charge on any atom is -0.459 e. The topological polar surface area (TPSA) is 281 Å². The van der Waals surface area contributed by atoms with Crippen molar-refractivity contribution in [2.45, 2.75) is 276 Å². The highest BCUT2D eigenvalue weighted by atomic mass is 17.3. The molecule has 15 rings (SSSR count). The second kappa shape index (κ2) is 24.1. The number of fused-ring (bicyclic) bond motifs is 6. The number of ether oxygens (including phenoxy) is 12. The van der Waals surface area contributed by atoms with Crippen molar-refractivity contribution in [2.24, 2.45) is 75.5 Å². The van der Waals surface area contributed by atoms with Gasteiger partial charge in [-0.3, -0.25) is 28.8 Å². The molecule has 3 spiro atoms. The summed E-state index contributed by atoms with van der Waals surface area (Å²) in [5.41, 5.74) is -5.17. The van der Waals surface area contributed by atoms with Gasteiger partial charge in [-0.15, -0.1) is 0 Å². The number of hydrogen-bond acceptors (Lipinski definition) is 25. The summed E-state index contributed by atoms with van der Waals surface area (Å²) in [4.78, 5) is 124.